The van der Waals surface area contributed by atoms with Gasteiger partial charge in [-0.15, -0.1) is 0 Å². The van der Waals surface area contributed by atoms with E-state index in [2.05, 4.69) is 10.4 Å². The first-order valence-electron chi connectivity index (χ1n) is 5.45. The average molecular weight is 252 g/mol. The lowest BCUT2D eigenvalue weighted by atomic mass is 10.2. The standard InChI is InChI=1S/C11H10F2N4O/c12-9(13)8-3-7(5-1-2-5)16-11-6(10(14)18)4-15-17(8)11/h3-4,9,16H,1-2H2,(H2,14,18). The smallest absolute Gasteiger partial charge is 0.280 e. The van der Waals surface area contributed by atoms with E-state index in [1.807, 2.05) is 0 Å². The number of rotatable bonds is 2. The number of primary amides is 1. The molecule has 7 heteroatoms. The fourth-order valence-electron chi connectivity index (χ4n) is 1.90. The SMILES string of the molecule is NC(=O)c1cnn2c1NC(=C1CC1)C=C2C(F)F. The first-order valence-corrected chi connectivity index (χ1v) is 5.45. The molecule has 1 aromatic rings. The van der Waals surface area contributed by atoms with Crippen LogP contribution in [0.4, 0.5) is 14.6 Å². The van der Waals surface area contributed by atoms with Crippen LogP contribution < -0.4 is 11.1 Å². The molecule has 0 spiro atoms. The molecule has 0 saturated heterocycles. The number of amides is 1. The highest BCUT2D eigenvalue weighted by molar-refractivity contribution is 5.99. The number of halogens is 2. The van der Waals surface area contributed by atoms with Crippen LogP contribution in [-0.2, 0) is 0 Å². The van der Waals surface area contributed by atoms with Crippen molar-refractivity contribution in [1.82, 2.24) is 9.78 Å². The van der Waals surface area contributed by atoms with Gasteiger partial charge in [0, 0.05) is 5.70 Å². The summed E-state index contributed by atoms with van der Waals surface area (Å²) in [5.41, 5.74) is 6.74. The van der Waals surface area contributed by atoms with Crippen LogP contribution in [0.1, 0.15) is 23.2 Å². The summed E-state index contributed by atoms with van der Waals surface area (Å²) in [6.45, 7) is 0. The molecule has 3 rings (SSSR count). The van der Waals surface area contributed by atoms with Gasteiger partial charge >= 0.3 is 0 Å². The van der Waals surface area contributed by atoms with Gasteiger partial charge in [-0.2, -0.15) is 5.10 Å². The minimum Gasteiger partial charge on any atom is -0.365 e. The van der Waals surface area contributed by atoms with Gasteiger partial charge in [-0.3, -0.25) is 4.79 Å². The molecule has 0 bridgehead atoms. The molecule has 1 saturated carbocycles. The summed E-state index contributed by atoms with van der Waals surface area (Å²) < 4.78 is 27.0. The molecule has 5 nitrogen and oxygen atoms in total. The van der Waals surface area contributed by atoms with E-state index >= 15 is 0 Å². The quantitative estimate of drug-likeness (QED) is 0.838. The van der Waals surface area contributed by atoms with Gasteiger partial charge < -0.3 is 11.1 Å². The second-order valence-corrected chi connectivity index (χ2v) is 4.20. The van der Waals surface area contributed by atoms with Gasteiger partial charge in [0.1, 0.15) is 17.1 Å². The summed E-state index contributed by atoms with van der Waals surface area (Å²) in [7, 11) is 0. The molecule has 2 heterocycles. The average Bonchev–Trinajstić information content (AvgIpc) is 3.07. The molecule has 1 aliphatic carbocycles. The van der Waals surface area contributed by atoms with Crippen molar-refractivity contribution in [2.24, 2.45) is 5.73 Å². The number of hydrogen-bond donors (Lipinski definition) is 2. The van der Waals surface area contributed by atoms with E-state index in [0.717, 1.165) is 23.1 Å². The Bertz CT molecular complexity index is 594. The van der Waals surface area contributed by atoms with Gasteiger partial charge in [-0.1, -0.05) is 0 Å². The van der Waals surface area contributed by atoms with E-state index in [4.69, 9.17) is 5.73 Å². The lowest BCUT2D eigenvalue weighted by molar-refractivity contribution is 0.100. The van der Waals surface area contributed by atoms with E-state index in [1.54, 1.807) is 0 Å². The fourth-order valence-corrected chi connectivity index (χ4v) is 1.90. The highest BCUT2D eigenvalue weighted by Gasteiger charge is 2.29. The number of nitrogens with one attached hydrogen (secondary N) is 1. The van der Waals surface area contributed by atoms with E-state index in [9.17, 15) is 13.6 Å². The van der Waals surface area contributed by atoms with E-state index in [-0.39, 0.29) is 17.1 Å². The zero-order valence-corrected chi connectivity index (χ0v) is 9.28. The van der Waals surface area contributed by atoms with Crippen molar-refractivity contribution in [3.8, 4) is 0 Å². The lowest BCUT2D eigenvalue weighted by Crippen LogP contribution is -2.20. The maximum atomic E-state index is 13.0. The van der Waals surface area contributed by atoms with Crippen molar-refractivity contribution in [2.45, 2.75) is 19.3 Å². The maximum Gasteiger partial charge on any atom is 0.280 e. The number of carbonyl (C=O) groups is 1. The van der Waals surface area contributed by atoms with Crippen LogP contribution >= 0.6 is 0 Å². The third-order valence-electron chi connectivity index (χ3n) is 2.93. The molecule has 1 aliphatic heterocycles. The van der Waals surface area contributed by atoms with Gasteiger partial charge in [-0.05, 0) is 24.5 Å². The molecule has 0 aromatic carbocycles. The number of allylic oxidation sites excluding steroid dienone is 3. The highest BCUT2D eigenvalue weighted by Crippen LogP contribution is 2.37. The zero-order chi connectivity index (χ0) is 12.9. The van der Waals surface area contributed by atoms with Crippen molar-refractivity contribution < 1.29 is 13.6 Å². The second kappa shape index (κ2) is 3.66. The van der Waals surface area contributed by atoms with Crippen LogP contribution in [0.25, 0.3) is 5.70 Å². The van der Waals surface area contributed by atoms with Gasteiger partial charge in [0.25, 0.3) is 12.3 Å². The van der Waals surface area contributed by atoms with Gasteiger partial charge in [0.15, 0.2) is 0 Å². The largest absolute Gasteiger partial charge is 0.365 e. The molecular formula is C11H10F2N4O. The maximum absolute atomic E-state index is 13.0. The van der Waals surface area contributed by atoms with Crippen LogP contribution in [0.5, 0.6) is 0 Å². The predicted octanol–water partition coefficient (Wildman–Crippen LogP) is 1.56. The van der Waals surface area contributed by atoms with Crippen molar-refractivity contribution in [1.29, 1.82) is 0 Å². The molecule has 94 valence electrons. The summed E-state index contributed by atoms with van der Waals surface area (Å²) >= 11 is 0. The first kappa shape index (κ1) is 10.9. The molecule has 3 N–H and O–H groups in total. The summed E-state index contributed by atoms with van der Waals surface area (Å²) in [5.74, 6) is -0.478. The van der Waals surface area contributed by atoms with Crippen LogP contribution in [0, 0.1) is 0 Å². The van der Waals surface area contributed by atoms with Crippen LogP contribution in [-0.4, -0.2) is 22.1 Å². The molecule has 0 atom stereocenters. The molecule has 1 fully saturated rings. The van der Waals surface area contributed by atoms with Crippen LogP contribution in [0.15, 0.2) is 23.5 Å². The van der Waals surface area contributed by atoms with Crippen molar-refractivity contribution in [2.75, 3.05) is 5.32 Å². The summed E-state index contributed by atoms with van der Waals surface area (Å²) in [6, 6.07) is 0. The minimum absolute atomic E-state index is 0.111. The Morgan fingerprint density at radius 1 is 1.50 bits per heavy atom. The summed E-state index contributed by atoms with van der Waals surface area (Å²) in [5, 5.41) is 6.72. The lowest BCUT2D eigenvalue weighted by Gasteiger charge is -2.20. The number of carbonyl (C=O) groups excluding carboxylic acids is 1. The molecule has 1 aromatic heterocycles. The van der Waals surface area contributed by atoms with Crippen LogP contribution in [0.2, 0.25) is 0 Å². The normalized spacial score (nSPS) is 17.4. The highest BCUT2D eigenvalue weighted by atomic mass is 19.3. The Balaban J connectivity index is 2.16. The third kappa shape index (κ3) is 1.59. The summed E-state index contributed by atoms with van der Waals surface area (Å²) in [6.07, 6.45) is 1.67. The number of aromatic nitrogens is 2. The molecule has 0 radical (unpaired) electrons. The monoisotopic (exact) mass is 252 g/mol. The number of alkyl halides is 2. The zero-order valence-electron chi connectivity index (χ0n) is 9.28. The third-order valence-corrected chi connectivity index (χ3v) is 2.93. The number of nitrogens with zero attached hydrogens (tertiary/aromatic N) is 2. The van der Waals surface area contributed by atoms with E-state index in [0.29, 0.717) is 5.70 Å². The topological polar surface area (TPSA) is 72.9 Å². The number of anilines is 1. The molecule has 0 unspecified atom stereocenters. The van der Waals surface area contributed by atoms with Gasteiger partial charge in [-0.25, -0.2) is 13.5 Å². The number of fused-ring (bicyclic) bond motifs is 1. The summed E-state index contributed by atoms with van der Waals surface area (Å²) in [4.78, 5) is 11.2. The Morgan fingerprint density at radius 3 is 2.78 bits per heavy atom. The number of nitrogens with two attached hydrogens (primary N) is 1. The minimum atomic E-state index is -2.67. The Hall–Kier alpha value is -2.18. The van der Waals surface area contributed by atoms with Crippen molar-refractivity contribution in [3.63, 3.8) is 0 Å². The Labute approximate surface area is 101 Å². The van der Waals surface area contributed by atoms with Gasteiger partial charge in [0.05, 0.1) is 6.20 Å². The molecule has 2 aliphatic rings. The van der Waals surface area contributed by atoms with Gasteiger partial charge in [0.2, 0.25) is 0 Å². The van der Waals surface area contributed by atoms with Crippen LogP contribution in [0.3, 0.4) is 0 Å². The Morgan fingerprint density at radius 2 is 2.22 bits per heavy atom. The molecular weight excluding hydrogens is 242 g/mol. The molecule has 1 amide bonds. The predicted molar refractivity (Wildman–Crippen MR) is 60.9 cm³/mol. The number of hydrogen-bond acceptors (Lipinski definition) is 3. The fraction of sp³-hybridized carbons (Fsp3) is 0.273. The van der Waals surface area contributed by atoms with Crippen molar-refractivity contribution >= 4 is 17.4 Å². The van der Waals surface area contributed by atoms with Crippen molar-refractivity contribution in [3.05, 3.63) is 29.1 Å². The Kier molecular flexibility index (Phi) is 2.22. The first-order chi connectivity index (χ1) is 8.58. The van der Waals surface area contributed by atoms with E-state index in [1.165, 1.54) is 12.3 Å². The molecule has 18 heavy (non-hydrogen) atoms. The second-order valence-electron chi connectivity index (χ2n) is 4.20. The van der Waals surface area contributed by atoms with E-state index < -0.39 is 12.3 Å².